The van der Waals surface area contributed by atoms with Gasteiger partial charge in [0.25, 0.3) is 0 Å². The number of anilines is 1. The van der Waals surface area contributed by atoms with Crippen molar-refractivity contribution in [3.8, 4) is 0 Å². The molecule has 2 aromatic rings. The van der Waals surface area contributed by atoms with Crippen molar-refractivity contribution < 1.29 is 13.6 Å². The predicted molar refractivity (Wildman–Crippen MR) is 97.8 cm³/mol. The number of aromatic nitrogens is 2. The standard InChI is InChI=1S/C17H21F2N3OS2/c1-3-5-7-11(4-2)15(23)20-16-21-22-17(25-16)24-10-12-13(18)8-6-9-14(12)19/h6,8-9,11H,3-5,7,10H2,1-2H3,(H,20,21,23)/t11-/m1/s1. The van der Waals surface area contributed by atoms with Crippen LogP contribution in [-0.2, 0) is 10.5 Å². The van der Waals surface area contributed by atoms with Crippen LogP contribution in [0.3, 0.4) is 0 Å². The van der Waals surface area contributed by atoms with Crippen LogP contribution < -0.4 is 5.32 Å². The molecule has 1 atom stereocenters. The van der Waals surface area contributed by atoms with E-state index in [4.69, 9.17) is 0 Å². The molecule has 0 fully saturated rings. The van der Waals surface area contributed by atoms with E-state index in [9.17, 15) is 13.6 Å². The third-order valence-corrected chi connectivity index (χ3v) is 5.81. The van der Waals surface area contributed by atoms with Gasteiger partial charge in [-0.15, -0.1) is 10.2 Å². The summed E-state index contributed by atoms with van der Waals surface area (Å²) < 4.78 is 27.8. The van der Waals surface area contributed by atoms with E-state index in [0.717, 1.165) is 25.7 Å². The first-order valence-corrected chi connectivity index (χ1v) is 10.0. The van der Waals surface area contributed by atoms with Gasteiger partial charge in [0.2, 0.25) is 11.0 Å². The smallest absolute Gasteiger partial charge is 0.229 e. The van der Waals surface area contributed by atoms with E-state index in [-0.39, 0.29) is 23.1 Å². The Hall–Kier alpha value is -1.54. The highest BCUT2D eigenvalue weighted by molar-refractivity contribution is 8.00. The zero-order valence-electron chi connectivity index (χ0n) is 14.2. The van der Waals surface area contributed by atoms with Gasteiger partial charge in [-0.1, -0.05) is 55.9 Å². The Balaban J connectivity index is 1.92. The first-order valence-electron chi connectivity index (χ1n) is 8.25. The molecular weight excluding hydrogens is 364 g/mol. The first-order chi connectivity index (χ1) is 12.0. The molecule has 0 saturated carbocycles. The average Bonchev–Trinajstić information content (AvgIpc) is 3.02. The van der Waals surface area contributed by atoms with Crippen molar-refractivity contribution in [2.75, 3.05) is 5.32 Å². The Bertz CT molecular complexity index is 689. The number of nitrogens with zero attached hydrogens (tertiary/aromatic N) is 2. The zero-order chi connectivity index (χ0) is 18.2. The molecular formula is C17H21F2N3OS2. The fourth-order valence-electron chi connectivity index (χ4n) is 2.30. The lowest BCUT2D eigenvalue weighted by atomic mass is 9.99. The van der Waals surface area contributed by atoms with Crippen molar-refractivity contribution in [1.82, 2.24) is 10.2 Å². The van der Waals surface area contributed by atoms with Crippen LogP contribution in [0.5, 0.6) is 0 Å². The minimum absolute atomic E-state index is 0.0129. The number of carbonyl (C=O) groups is 1. The monoisotopic (exact) mass is 385 g/mol. The Morgan fingerprint density at radius 3 is 2.64 bits per heavy atom. The van der Waals surface area contributed by atoms with Crippen LogP contribution in [0.2, 0.25) is 0 Å². The van der Waals surface area contributed by atoms with Crippen molar-refractivity contribution >= 4 is 34.1 Å². The van der Waals surface area contributed by atoms with Crippen molar-refractivity contribution in [1.29, 1.82) is 0 Å². The van der Waals surface area contributed by atoms with Crippen LogP contribution in [0.1, 0.15) is 45.1 Å². The summed E-state index contributed by atoms with van der Waals surface area (Å²) in [6.07, 6.45) is 3.69. The molecule has 1 N–H and O–H groups in total. The van der Waals surface area contributed by atoms with Gasteiger partial charge in [-0.3, -0.25) is 4.79 Å². The normalized spacial score (nSPS) is 12.2. The summed E-state index contributed by atoms with van der Waals surface area (Å²) in [6, 6.07) is 3.79. The van der Waals surface area contributed by atoms with Gasteiger partial charge in [-0.05, 0) is 25.0 Å². The second-order valence-corrected chi connectivity index (χ2v) is 7.80. The van der Waals surface area contributed by atoms with Gasteiger partial charge in [0.15, 0.2) is 4.34 Å². The van der Waals surface area contributed by atoms with E-state index < -0.39 is 11.6 Å². The number of nitrogens with one attached hydrogen (secondary N) is 1. The molecule has 8 heteroatoms. The molecule has 0 radical (unpaired) electrons. The quantitative estimate of drug-likeness (QED) is 0.472. The van der Waals surface area contributed by atoms with Crippen LogP contribution in [-0.4, -0.2) is 16.1 Å². The Labute approximate surface area is 154 Å². The SMILES string of the molecule is CCCC[C@@H](CC)C(=O)Nc1nnc(SCc2c(F)cccc2F)s1. The minimum atomic E-state index is -0.577. The molecule has 0 aliphatic carbocycles. The van der Waals surface area contributed by atoms with Crippen LogP contribution in [0.4, 0.5) is 13.9 Å². The Morgan fingerprint density at radius 1 is 1.28 bits per heavy atom. The molecule has 1 aromatic heterocycles. The summed E-state index contributed by atoms with van der Waals surface area (Å²) in [7, 11) is 0. The van der Waals surface area contributed by atoms with E-state index in [1.807, 2.05) is 6.92 Å². The Kier molecular flexibility index (Phi) is 7.77. The Morgan fingerprint density at radius 2 is 2.00 bits per heavy atom. The van der Waals surface area contributed by atoms with Gasteiger partial charge in [0.05, 0.1) is 0 Å². The van der Waals surface area contributed by atoms with Crippen molar-refractivity contribution in [2.45, 2.75) is 49.6 Å². The van der Waals surface area contributed by atoms with Crippen molar-refractivity contribution in [3.63, 3.8) is 0 Å². The number of halogens is 2. The summed E-state index contributed by atoms with van der Waals surface area (Å²) >= 11 is 2.40. The molecule has 0 aliphatic heterocycles. The highest BCUT2D eigenvalue weighted by Gasteiger charge is 2.18. The topological polar surface area (TPSA) is 54.9 Å². The lowest BCUT2D eigenvalue weighted by Gasteiger charge is -2.12. The summed E-state index contributed by atoms with van der Waals surface area (Å²) in [5.74, 6) is -1.12. The van der Waals surface area contributed by atoms with E-state index in [1.165, 1.54) is 41.3 Å². The maximum atomic E-state index is 13.6. The van der Waals surface area contributed by atoms with E-state index in [2.05, 4.69) is 22.4 Å². The van der Waals surface area contributed by atoms with Gasteiger partial charge in [-0.2, -0.15) is 0 Å². The van der Waals surface area contributed by atoms with Crippen LogP contribution in [0, 0.1) is 17.6 Å². The van der Waals surface area contributed by atoms with E-state index >= 15 is 0 Å². The van der Waals surface area contributed by atoms with Gasteiger partial charge < -0.3 is 5.32 Å². The molecule has 1 amide bonds. The van der Waals surface area contributed by atoms with Crippen molar-refractivity contribution in [3.05, 3.63) is 35.4 Å². The molecule has 1 aromatic carbocycles. The zero-order valence-corrected chi connectivity index (χ0v) is 15.9. The van der Waals surface area contributed by atoms with Gasteiger partial charge >= 0.3 is 0 Å². The maximum absolute atomic E-state index is 13.6. The van der Waals surface area contributed by atoms with E-state index in [0.29, 0.717) is 9.47 Å². The lowest BCUT2D eigenvalue weighted by Crippen LogP contribution is -2.22. The van der Waals surface area contributed by atoms with Gasteiger partial charge in [0.1, 0.15) is 11.6 Å². The van der Waals surface area contributed by atoms with Crippen LogP contribution in [0.15, 0.2) is 22.5 Å². The number of unbranched alkanes of at least 4 members (excludes halogenated alkanes) is 1. The number of hydrogen-bond donors (Lipinski definition) is 1. The molecule has 25 heavy (non-hydrogen) atoms. The molecule has 136 valence electrons. The number of carbonyl (C=O) groups excluding carboxylic acids is 1. The average molecular weight is 386 g/mol. The number of benzene rings is 1. The fraction of sp³-hybridized carbons (Fsp3) is 0.471. The molecule has 0 aliphatic rings. The number of rotatable bonds is 9. The van der Waals surface area contributed by atoms with Crippen LogP contribution in [0.25, 0.3) is 0 Å². The lowest BCUT2D eigenvalue weighted by molar-refractivity contribution is -0.120. The van der Waals surface area contributed by atoms with E-state index in [1.54, 1.807) is 0 Å². The number of hydrogen-bond acceptors (Lipinski definition) is 5. The highest BCUT2D eigenvalue weighted by Crippen LogP contribution is 2.30. The third-order valence-electron chi connectivity index (χ3n) is 3.81. The summed E-state index contributed by atoms with van der Waals surface area (Å²) in [4.78, 5) is 12.2. The molecule has 0 bridgehead atoms. The van der Waals surface area contributed by atoms with Gasteiger partial charge in [0, 0.05) is 17.2 Å². The summed E-state index contributed by atoms with van der Waals surface area (Å²) in [6.45, 7) is 4.08. The minimum Gasteiger partial charge on any atom is -0.300 e. The molecule has 0 saturated heterocycles. The molecule has 1 heterocycles. The molecule has 4 nitrogen and oxygen atoms in total. The maximum Gasteiger partial charge on any atom is 0.229 e. The van der Waals surface area contributed by atoms with Crippen molar-refractivity contribution in [2.24, 2.45) is 5.92 Å². The third kappa shape index (κ3) is 5.74. The van der Waals surface area contributed by atoms with Gasteiger partial charge in [-0.25, -0.2) is 8.78 Å². The molecule has 2 rings (SSSR count). The fourth-order valence-corrected chi connectivity index (χ4v) is 4.07. The second-order valence-electron chi connectivity index (χ2n) is 5.60. The number of amides is 1. The second kappa shape index (κ2) is 9.82. The first kappa shape index (κ1) is 19.8. The number of thioether (sulfide) groups is 1. The summed E-state index contributed by atoms with van der Waals surface area (Å²) in [5, 5.41) is 11.1. The highest BCUT2D eigenvalue weighted by atomic mass is 32.2. The predicted octanol–water partition coefficient (Wildman–Crippen LogP) is 5.26. The van der Waals surface area contributed by atoms with Crippen LogP contribution >= 0.6 is 23.1 Å². The molecule has 0 spiro atoms. The summed E-state index contributed by atoms with van der Waals surface area (Å²) in [5.41, 5.74) is 0.0129. The molecule has 0 unspecified atom stereocenters. The largest absolute Gasteiger partial charge is 0.300 e.